The second-order valence-electron chi connectivity index (χ2n) is 6.82. The number of anilines is 1. The monoisotopic (exact) mass is 309 g/mol. The molecule has 0 bridgehead atoms. The molecule has 0 unspecified atom stereocenters. The zero-order valence-electron chi connectivity index (χ0n) is 13.5. The number of Topliss-reactive ketones (excluding diaryl/α,β-unsaturated/α-hetero) is 1. The molecule has 1 aromatic carbocycles. The van der Waals surface area contributed by atoms with Gasteiger partial charge in [-0.2, -0.15) is 0 Å². The number of benzene rings is 1. The third kappa shape index (κ3) is 3.28. The average molecular weight is 309 g/mol. The standard InChI is InChI=1S/C18H19N3O2/c1-11-5-4-6-12(7-11)16(23)21-17-19-10-13-14(20-17)8-18(2,3)9-15(13)22/h4-7,10H,8-9H2,1-3H3,(H,19,20,21,23). The Labute approximate surface area is 135 Å². The summed E-state index contributed by atoms with van der Waals surface area (Å²) in [6.07, 6.45) is 2.72. The second-order valence-corrected chi connectivity index (χ2v) is 6.82. The van der Waals surface area contributed by atoms with Crippen LogP contribution in [0.1, 0.15) is 52.2 Å². The van der Waals surface area contributed by atoms with Crippen LogP contribution in [0.25, 0.3) is 0 Å². The number of nitrogens with zero attached hydrogens (tertiary/aromatic N) is 2. The Hall–Kier alpha value is -2.56. The molecule has 0 atom stereocenters. The Morgan fingerprint density at radius 2 is 2.04 bits per heavy atom. The first-order valence-electron chi connectivity index (χ1n) is 7.61. The van der Waals surface area contributed by atoms with Crippen molar-refractivity contribution in [2.45, 2.75) is 33.6 Å². The number of nitrogens with one attached hydrogen (secondary N) is 1. The van der Waals surface area contributed by atoms with Gasteiger partial charge in [0, 0.05) is 18.2 Å². The molecule has 0 saturated heterocycles. The van der Waals surface area contributed by atoms with Crippen LogP contribution < -0.4 is 5.32 Å². The fourth-order valence-corrected chi connectivity index (χ4v) is 2.85. The third-order valence-corrected chi connectivity index (χ3v) is 3.96. The van der Waals surface area contributed by atoms with Crippen molar-refractivity contribution in [3.63, 3.8) is 0 Å². The highest BCUT2D eigenvalue weighted by molar-refractivity contribution is 6.03. The molecular weight excluding hydrogens is 290 g/mol. The number of hydrogen-bond acceptors (Lipinski definition) is 4. The van der Waals surface area contributed by atoms with Crippen LogP contribution in [0.4, 0.5) is 5.95 Å². The van der Waals surface area contributed by atoms with Gasteiger partial charge in [0.1, 0.15) is 0 Å². The molecule has 0 spiro atoms. The lowest BCUT2D eigenvalue weighted by atomic mass is 9.76. The Morgan fingerprint density at radius 1 is 1.26 bits per heavy atom. The lowest BCUT2D eigenvalue weighted by Gasteiger charge is -2.29. The van der Waals surface area contributed by atoms with Crippen LogP contribution in [0.15, 0.2) is 30.5 Å². The maximum absolute atomic E-state index is 12.3. The molecule has 2 aromatic rings. The summed E-state index contributed by atoms with van der Waals surface area (Å²) < 4.78 is 0. The first kappa shape index (κ1) is 15.3. The van der Waals surface area contributed by atoms with Crippen molar-refractivity contribution in [3.8, 4) is 0 Å². The van der Waals surface area contributed by atoms with Crippen LogP contribution in [0.5, 0.6) is 0 Å². The summed E-state index contributed by atoms with van der Waals surface area (Å²) in [6.45, 7) is 6.02. The van der Waals surface area contributed by atoms with E-state index in [4.69, 9.17) is 0 Å². The van der Waals surface area contributed by atoms with Crippen LogP contribution >= 0.6 is 0 Å². The van der Waals surface area contributed by atoms with Gasteiger partial charge in [0.05, 0.1) is 11.3 Å². The van der Waals surface area contributed by atoms with Crippen LogP contribution in [-0.4, -0.2) is 21.7 Å². The van der Waals surface area contributed by atoms with E-state index in [2.05, 4.69) is 15.3 Å². The van der Waals surface area contributed by atoms with E-state index in [-0.39, 0.29) is 23.1 Å². The highest BCUT2D eigenvalue weighted by atomic mass is 16.1. The predicted octanol–water partition coefficient (Wildman–Crippen LogP) is 3.19. The molecule has 118 valence electrons. The molecule has 23 heavy (non-hydrogen) atoms. The van der Waals surface area contributed by atoms with Crippen molar-refractivity contribution >= 4 is 17.6 Å². The van der Waals surface area contributed by atoms with Crippen LogP contribution in [0.3, 0.4) is 0 Å². The largest absolute Gasteiger partial charge is 0.294 e. The number of hydrogen-bond donors (Lipinski definition) is 1. The molecule has 1 aliphatic carbocycles. The molecule has 1 aliphatic rings. The minimum Gasteiger partial charge on any atom is -0.294 e. The average Bonchev–Trinajstić information content (AvgIpc) is 2.45. The molecule has 1 aromatic heterocycles. The summed E-state index contributed by atoms with van der Waals surface area (Å²) in [5.41, 5.74) is 2.73. The lowest BCUT2D eigenvalue weighted by Crippen LogP contribution is -2.28. The highest BCUT2D eigenvalue weighted by Crippen LogP contribution is 2.33. The number of rotatable bonds is 2. The molecular formula is C18H19N3O2. The molecule has 0 fully saturated rings. The summed E-state index contributed by atoms with van der Waals surface area (Å²) in [7, 11) is 0. The molecule has 1 amide bonds. The minimum atomic E-state index is -0.255. The Balaban J connectivity index is 1.85. The third-order valence-electron chi connectivity index (χ3n) is 3.96. The Bertz CT molecular complexity index is 797. The van der Waals surface area contributed by atoms with Gasteiger partial charge in [-0.05, 0) is 30.9 Å². The quantitative estimate of drug-likeness (QED) is 0.924. The Morgan fingerprint density at radius 3 is 2.78 bits per heavy atom. The van der Waals surface area contributed by atoms with Gasteiger partial charge in [-0.1, -0.05) is 31.5 Å². The van der Waals surface area contributed by atoms with Crippen molar-refractivity contribution < 1.29 is 9.59 Å². The molecule has 5 heteroatoms. The van der Waals surface area contributed by atoms with E-state index >= 15 is 0 Å². The van der Waals surface area contributed by atoms with Crippen molar-refractivity contribution in [1.82, 2.24) is 9.97 Å². The van der Waals surface area contributed by atoms with Gasteiger partial charge in [-0.3, -0.25) is 14.9 Å². The number of fused-ring (bicyclic) bond motifs is 1. The summed E-state index contributed by atoms with van der Waals surface area (Å²) in [6, 6.07) is 7.31. The van der Waals surface area contributed by atoms with E-state index in [1.807, 2.05) is 32.9 Å². The zero-order valence-corrected chi connectivity index (χ0v) is 13.5. The highest BCUT2D eigenvalue weighted by Gasteiger charge is 2.32. The van der Waals surface area contributed by atoms with Crippen molar-refractivity contribution in [2.75, 3.05) is 5.32 Å². The van der Waals surface area contributed by atoms with Crippen LogP contribution in [0, 0.1) is 12.3 Å². The van der Waals surface area contributed by atoms with E-state index in [1.54, 1.807) is 12.1 Å². The summed E-state index contributed by atoms with van der Waals surface area (Å²) in [5, 5.41) is 2.71. The lowest BCUT2D eigenvalue weighted by molar-refractivity contribution is 0.0909. The molecule has 3 rings (SSSR count). The maximum atomic E-state index is 12.3. The van der Waals surface area contributed by atoms with E-state index in [0.29, 0.717) is 29.7 Å². The normalized spacial score (nSPS) is 15.9. The molecule has 0 saturated carbocycles. The van der Waals surface area contributed by atoms with Crippen LogP contribution in [0.2, 0.25) is 0 Å². The van der Waals surface area contributed by atoms with Crippen molar-refractivity contribution in [3.05, 3.63) is 52.8 Å². The van der Waals surface area contributed by atoms with Crippen molar-refractivity contribution in [1.29, 1.82) is 0 Å². The molecule has 1 N–H and O–H groups in total. The fraction of sp³-hybridized carbons (Fsp3) is 0.333. The van der Waals surface area contributed by atoms with E-state index in [9.17, 15) is 9.59 Å². The molecule has 0 aliphatic heterocycles. The molecule has 1 heterocycles. The number of aromatic nitrogens is 2. The van der Waals surface area contributed by atoms with E-state index < -0.39 is 0 Å². The van der Waals surface area contributed by atoms with Gasteiger partial charge in [0.2, 0.25) is 5.95 Å². The summed E-state index contributed by atoms with van der Waals surface area (Å²) >= 11 is 0. The fourth-order valence-electron chi connectivity index (χ4n) is 2.85. The van der Waals surface area contributed by atoms with Crippen molar-refractivity contribution in [2.24, 2.45) is 5.41 Å². The Kier molecular flexibility index (Phi) is 3.72. The SMILES string of the molecule is Cc1cccc(C(=O)Nc2ncc3c(n2)CC(C)(C)CC3=O)c1. The van der Waals surface area contributed by atoms with Gasteiger partial charge >= 0.3 is 0 Å². The molecule has 0 radical (unpaired) electrons. The number of carbonyl (C=O) groups excluding carboxylic acids is 2. The number of aryl methyl sites for hydroxylation is 1. The number of carbonyl (C=O) groups is 2. The van der Waals surface area contributed by atoms with Gasteiger partial charge in [-0.15, -0.1) is 0 Å². The van der Waals surface area contributed by atoms with Gasteiger partial charge < -0.3 is 0 Å². The first-order chi connectivity index (χ1) is 10.8. The zero-order chi connectivity index (χ0) is 16.6. The second kappa shape index (κ2) is 5.57. The van der Waals surface area contributed by atoms with Gasteiger partial charge in [0.15, 0.2) is 5.78 Å². The topological polar surface area (TPSA) is 72.0 Å². The summed E-state index contributed by atoms with van der Waals surface area (Å²) in [5.74, 6) is 0.0450. The number of amides is 1. The summed E-state index contributed by atoms with van der Waals surface area (Å²) in [4.78, 5) is 32.9. The number of ketones is 1. The van der Waals surface area contributed by atoms with E-state index in [1.165, 1.54) is 6.20 Å². The maximum Gasteiger partial charge on any atom is 0.258 e. The van der Waals surface area contributed by atoms with Crippen LogP contribution in [-0.2, 0) is 6.42 Å². The minimum absolute atomic E-state index is 0.0628. The smallest absolute Gasteiger partial charge is 0.258 e. The first-order valence-corrected chi connectivity index (χ1v) is 7.61. The van der Waals surface area contributed by atoms with Gasteiger partial charge in [0.25, 0.3) is 5.91 Å². The molecule has 5 nitrogen and oxygen atoms in total. The van der Waals surface area contributed by atoms with Gasteiger partial charge in [-0.25, -0.2) is 9.97 Å². The van der Waals surface area contributed by atoms with E-state index in [0.717, 1.165) is 5.56 Å². The predicted molar refractivity (Wildman–Crippen MR) is 87.6 cm³/mol.